The van der Waals surface area contributed by atoms with Crippen LogP contribution in [0.2, 0.25) is 0 Å². The standard InChI is InChI=1S/C19H14FN3O2/c1-11-5-6-12-4-3-7-22-18(12)17(11)19(24)23-15-9-16(25-2)13(10-21)8-14(15)20/h3-9H,1-2H3,(H,23,24). The van der Waals surface area contributed by atoms with Gasteiger partial charge in [-0.25, -0.2) is 4.39 Å². The average molecular weight is 335 g/mol. The predicted molar refractivity (Wildman–Crippen MR) is 92.1 cm³/mol. The number of nitrogens with one attached hydrogen (secondary N) is 1. The van der Waals surface area contributed by atoms with E-state index in [0.29, 0.717) is 11.1 Å². The number of anilines is 1. The van der Waals surface area contributed by atoms with Gasteiger partial charge >= 0.3 is 0 Å². The molecule has 0 aliphatic carbocycles. The lowest BCUT2D eigenvalue weighted by molar-refractivity contribution is 0.102. The number of amides is 1. The molecule has 1 N–H and O–H groups in total. The lowest BCUT2D eigenvalue weighted by Crippen LogP contribution is -2.15. The number of pyridine rings is 1. The molecule has 0 aliphatic rings. The maximum Gasteiger partial charge on any atom is 0.258 e. The van der Waals surface area contributed by atoms with E-state index in [1.165, 1.54) is 13.2 Å². The van der Waals surface area contributed by atoms with E-state index < -0.39 is 11.7 Å². The molecule has 1 amide bonds. The van der Waals surface area contributed by atoms with Crippen LogP contribution in [0.25, 0.3) is 10.9 Å². The topological polar surface area (TPSA) is 75.0 Å². The minimum Gasteiger partial charge on any atom is -0.495 e. The molecule has 0 bridgehead atoms. The van der Waals surface area contributed by atoms with Crippen molar-refractivity contribution in [3.63, 3.8) is 0 Å². The summed E-state index contributed by atoms with van der Waals surface area (Å²) in [6.45, 7) is 1.79. The molecule has 6 heteroatoms. The Morgan fingerprint density at radius 1 is 1.32 bits per heavy atom. The molecule has 0 saturated heterocycles. The van der Waals surface area contributed by atoms with Crippen molar-refractivity contribution in [2.45, 2.75) is 6.92 Å². The number of hydrogen-bond acceptors (Lipinski definition) is 4. The number of aryl methyl sites for hydroxylation is 1. The Labute approximate surface area is 143 Å². The van der Waals surface area contributed by atoms with E-state index in [2.05, 4.69) is 10.3 Å². The minimum absolute atomic E-state index is 0.0565. The second-order valence-corrected chi connectivity index (χ2v) is 5.43. The first-order chi connectivity index (χ1) is 12.0. The molecule has 3 rings (SSSR count). The molecule has 3 aromatic rings. The van der Waals surface area contributed by atoms with E-state index in [1.54, 1.807) is 19.2 Å². The van der Waals surface area contributed by atoms with Crippen molar-refractivity contribution in [2.24, 2.45) is 0 Å². The lowest BCUT2D eigenvalue weighted by atomic mass is 10.0. The Morgan fingerprint density at radius 2 is 2.12 bits per heavy atom. The van der Waals surface area contributed by atoms with Gasteiger partial charge in [0.15, 0.2) is 0 Å². The van der Waals surface area contributed by atoms with Gasteiger partial charge in [-0.15, -0.1) is 0 Å². The third kappa shape index (κ3) is 3.00. The largest absolute Gasteiger partial charge is 0.495 e. The summed E-state index contributed by atoms with van der Waals surface area (Å²) in [5.74, 6) is -1.00. The fraction of sp³-hybridized carbons (Fsp3) is 0.105. The number of hydrogen-bond donors (Lipinski definition) is 1. The van der Waals surface area contributed by atoms with Gasteiger partial charge in [0.25, 0.3) is 5.91 Å². The summed E-state index contributed by atoms with van der Waals surface area (Å²) in [6, 6.07) is 11.5. The number of fused-ring (bicyclic) bond motifs is 1. The molecule has 0 aliphatic heterocycles. The Balaban J connectivity index is 2.05. The second-order valence-electron chi connectivity index (χ2n) is 5.43. The number of benzene rings is 2. The third-order valence-electron chi connectivity index (χ3n) is 3.87. The summed E-state index contributed by atoms with van der Waals surface area (Å²) >= 11 is 0. The van der Waals surface area contributed by atoms with Gasteiger partial charge in [0.2, 0.25) is 0 Å². The Morgan fingerprint density at radius 3 is 2.84 bits per heavy atom. The van der Waals surface area contributed by atoms with Crippen LogP contribution >= 0.6 is 0 Å². The van der Waals surface area contributed by atoms with Gasteiger partial charge in [-0.05, 0) is 24.6 Å². The number of ether oxygens (including phenoxy) is 1. The quantitative estimate of drug-likeness (QED) is 0.789. The maximum absolute atomic E-state index is 14.2. The van der Waals surface area contributed by atoms with Gasteiger partial charge in [0.05, 0.1) is 29.4 Å². The normalized spacial score (nSPS) is 10.3. The van der Waals surface area contributed by atoms with Crippen LogP contribution in [-0.2, 0) is 0 Å². The van der Waals surface area contributed by atoms with Gasteiger partial charge in [0, 0.05) is 17.6 Å². The highest BCUT2D eigenvalue weighted by Crippen LogP contribution is 2.27. The monoisotopic (exact) mass is 335 g/mol. The molecule has 0 fully saturated rings. The number of carbonyl (C=O) groups is 1. The fourth-order valence-electron chi connectivity index (χ4n) is 2.62. The van der Waals surface area contributed by atoms with E-state index in [0.717, 1.165) is 17.0 Å². The number of aromatic nitrogens is 1. The van der Waals surface area contributed by atoms with Crippen LogP contribution < -0.4 is 10.1 Å². The summed E-state index contributed by atoms with van der Waals surface area (Å²) in [5.41, 5.74) is 1.64. The lowest BCUT2D eigenvalue weighted by Gasteiger charge is -2.12. The zero-order chi connectivity index (χ0) is 18.0. The molecular formula is C19H14FN3O2. The predicted octanol–water partition coefficient (Wildman–Crippen LogP) is 3.81. The summed E-state index contributed by atoms with van der Waals surface area (Å²) in [6.07, 6.45) is 1.60. The first-order valence-corrected chi connectivity index (χ1v) is 7.48. The number of methoxy groups -OCH3 is 1. The van der Waals surface area contributed by atoms with E-state index >= 15 is 0 Å². The molecule has 1 heterocycles. The molecule has 25 heavy (non-hydrogen) atoms. The highest BCUT2D eigenvalue weighted by Gasteiger charge is 2.18. The van der Waals surface area contributed by atoms with Crippen LogP contribution in [-0.4, -0.2) is 18.0 Å². The third-order valence-corrected chi connectivity index (χ3v) is 3.87. The molecule has 1 aromatic heterocycles. The van der Waals surface area contributed by atoms with Crippen molar-refractivity contribution in [3.05, 3.63) is 65.1 Å². The van der Waals surface area contributed by atoms with Gasteiger partial charge < -0.3 is 10.1 Å². The zero-order valence-electron chi connectivity index (χ0n) is 13.6. The molecule has 5 nitrogen and oxygen atoms in total. The first kappa shape index (κ1) is 16.4. The molecule has 124 valence electrons. The Kier molecular flexibility index (Phi) is 4.31. The number of carbonyl (C=O) groups excluding carboxylic acids is 1. The van der Waals surface area contributed by atoms with Gasteiger partial charge in [-0.2, -0.15) is 5.26 Å². The average Bonchev–Trinajstić information content (AvgIpc) is 2.62. The first-order valence-electron chi connectivity index (χ1n) is 7.48. The number of rotatable bonds is 3. The highest BCUT2D eigenvalue weighted by atomic mass is 19.1. The van der Waals surface area contributed by atoms with E-state index in [1.807, 2.05) is 24.3 Å². The highest BCUT2D eigenvalue weighted by molar-refractivity contribution is 6.13. The fourth-order valence-corrected chi connectivity index (χ4v) is 2.62. The minimum atomic E-state index is -0.712. The van der Waals surface area contributed by atoms with Crippen LogP contribution in [0.15, 0.2) is 42.6 Å². The zero-order valence-corrected chi connectivity index (χ0v) is 13.6. The van der Waals surface area contributed by atoms with Gasteiger partial charge in [-0.3, -0.25) is 9.78 Å². The van der Waals surface area contributed by atoms with Crippen LogP contribution in [0.3, 0.4) is 0 Å². The van der Waals surface area contributed by atoms with E-state index in [4.69, 9.17) is 10.00 Å². The van der Waals surface area contributed by atoms with Crippen molar-refractivity contribution in [2.75, 3.05) is 12.4 Å². The van der Waals surface area contributed by atoms with E-state index in [-0.39, 0.29) is 17.0 Å². The second kappa shape index (κ2) is 6.57. The number of nitrogens with zero attached hydrogens (tertiary/aromatic N) is 2. The van der Waals surface area contributed by atoms with Crippen LogP contribution in [0.1, 0.15) is 21.5 Å². The molecule has 0 saturated carbocycles. The van der Waals surface area contributed by atoms with E-state index in [9.17, 15) is 9.18 Å². The van der Waals surface area contributed by atoms with Crippen molar-refractivity contribution < 1.29 is 13.9 Å². The van der Waals surface area contributed by atoms with Crippen LogP contribution in [0.4, 0.5) is 10.1 Å². The van der Waals surface area contributed by atoms with Crippen molar-refractivity contribution in [1.29, 1.82) is 5.26 Å². The number of nitriles is 1. The molecule has 0 atom stereocenters. The summed E-state index contributed by atoms with van der Waals surface area (Å²) < 4.78 is 19.3. The Bertz CT molecular complexity index is 1030. The van der Waals surface area contributed by atoms with Crippen molar-refractivity contribution >= 4 is 22.5 Å². The summed E-state index contributed by atoms with van der Waals surface area (Å²) in [5, 5.41) is 12.3. The van der Waals surface area contributed by atoms with Gasteiger partial charge in [0.1, 0.15) is 17.6 Å². The number of halogens is 1. The van der Waals surface area contributed by atoms with Crippen LogP contribution in [0, 0.1) is 24.1 Å². The summed E-state index contributed by atoms with van der Waals surface area (Å²) in [7, 11) is 1.37. The smallest absolute Gasteiger partial charge is 0.258 e. The molecule has 0 unspecified atom stereocenters. The van der Waals surface area contributed by atoms with Crippen molar-refractivity contribution in [1.82, 2.24) is 4.98 Å². The summed E-state index contributed by atoms with van der Waals surface area (Å²) in [4.78, 5) is 17.0. The maximum atomic E-state index is 14.2. The van der Waals surface area contributed by atoms with Crippen molar-refractivity contribution in [3.8, 4) is 11.8 Å². The molecular weight excluding hydrogens is 321 g/mol. The molecule has 0 radical (unpaired) electrons. The SMILES string of the molecule is COc1cc(NC(=O)c2c(C)ccc3cccnc23)c(F)cc1C#N. The molecule has 0 spiro atoms. The van der Waals surface area contributed by atoms with Crippen LogP contribution in [0.5, 0.6) is 5.75 Å². The molecule has 2 aromatic carbocycles. The Hall–Kier alpha value is -3.46. The van der Waals surface area contributed by atoms with Gasteiger partial charge in [-0.1, -0.05) is 18.2 Å².